The Labute approximate surface area is 174 Å². The average molecular weight is 409 g/mol. The van der Waals surface area contributed by atoms with Crippen molar-refractivity contribution in [1.82, 2.24) is 0 Å². The number of aryl methyl sites for hydroxylation is 1. The SMILES string of the molecule is CC.CCN(CC)c1ccc(CN=C(C)SC)cc1.Cc1ccc(F)c(F)c1. The zero-order valence-corrected chi connectivity index (χ0v) is 19.0. The van der Waals surface area contributed by atoms with Gasteiger partial charge in [-0.05, 0) is 69.3 Å². The van der Waals surface area contributed by atoms with Gasteiger partial charge in [0.2, 0.25) is 0 Å². The fraction of sp³-hybridized carbons (Fsp3) is 0.435. The van der Waals surface area contributed by atoms with Crippen LogP contribution in [0.15, 0.2) is 47.5 Å². The summed E-state index contributed by atoms with van der Waals surface area (Å²) in [6.07, 6.45) is 2.06. The zero-order chi connectivity index (χ0) is 21.5. The van der Waals surface area contributed by atoms with Crippen LogP contribution < -0.4 is 4.90 Å². The number of nitrogens with zero attached hydrogens (tertiary/aromatic N) is 2. The van der Waals surface area contributed by atoms with Crippen LogP contribution in [0.4, 0.5) is 14.5 Å². The van der Waals surface area contributed by atoms with Crippen LogP contribution in [-0.4, -0.2) is 24.4 Å². The second-order valence-electron chi connectivity index (χ2n) is 5.80. The van der Waals surface area contributed by atoms with Gasteiger partial charge in [0.1, 0.15) is 0 Å². The normalized spacial score (nSPS) is 10.4. The minimum absolute atomic E-state index is 0.730. The molecule has 0 N–H and O–H groups in total. The van der Waals surface area contributed by atoms with E-state index in [9.17, 15) is 8.78 Å². The molecule has 0 aliphatic carbocycles. The van der Waals surface area contributed by atoms with E-state index >= 15 is 0 Å². The molecule has 0 spiro atoms. The predicted molar refractivity (Wildman–Crippen MR) is 123 cm³/mol. The van der Waals surface area contributed by atoms with Crippen LogP contribution in [0.25, 0.3) is 0 Å². The topological polar surface area (TPSA) is 15.6 Å². The van der Waals surface area contributed by atoms with E-state index in [-0.39, 0.29) is 0 Å². The van der Waals surface area contributed by atoms with Gasteiger partial charge in [-0.15, -0.1) is 11.8 Å². The molecule has 0 heterocycles. The smallest absolute Gasteiger partial charge is 0.159 e. The second kappa shape index (κ2) is 15.1. The predicted octanol–water partition coefficient (Wildman–Crippen LogP) is 7.11. The van der Waals surface area contributed by atoms with Gasteiger partial charge in [-0.1, -0.05) is 32.0 Å². The highest BCUT2D eigenvalue weighted by Crippen LogP contribution is 2.15. The first-order chi connectivity index (χ1) is 13.4. The molecule has 0 saturated carbocycles. The highest BCUT2D eigenvalue weighted by atomic mass is 32.2. The number of benzene rings is 2. The fourth-order valence-electron chi connectivity index (χ4n) is 2.27. The Morgan fingerprint density at radius 2 is 1.54 bits per heavy atom. The highest BCUT2D eigenvalue weighted by molar-refractivity contribution is 8.13. The first-order valence-electron chi connectivity index (χ1n) is 9.71. The van der Waals surface area contributed by atoms with Gasteiger partial charge >= 0.3 is 0 Å². The van der Waals surface area contributed by atoms with Gasteiger partial charge in [0.05, 0.1) is 11.6 Å². The molecule has 0 fully saturated rings. The summed E-state index contributed by atoms with van der Waals surface area (Å²) in [6, 6.07) is 12.5. The molecule has 0 aliphatic heterocycles. The summed E-state index contributed by atoms with van der Waals surface area (Å²) in [6.45, 7) is 15.0. The average Bonchev–Trinajstić information content (AvgIpc) is 2.73. The molecule has 0 bridgehead atoms. The molecular weight excluding hydrogens is 374 g/mol. The number of anilines is 1. The van der Waals surface area contributed by atoms with Crippen molar-refractivity contribution in [2.24, 2.45) is 4.99 Å². The highest BCUT2D eigenvalue weighted by Gasteiger charge is 2.01. The Morgan fingerprint density at radius 1 is 0.964 bits per heavy atom. The molecule has 0 aliphatic rings. The van der Waals surface area contributed by atoms with E-state index in [1.807, 2.05) is 13.8 Å². The summed E-state index contributed by atoms with van der Waals surface area (Å²) < 4.78 is 24.3. The van der Waals surface area contributed by atoms with E-state index in [4.69, 9.17) is 0 Å². The summed E-state index contributed by atoms with van der Waals surface area (Å²) in [7, 11) is 0. The lowest BCUT2D eigenvalue weighted by Crippen LogP contribution is -2.21. The van der Waals surface area contributed by atoms with Crippen LogP contribution in [0, 0.1) is 18.6 Å². The monoisotopic (exact) mass is 408 g/mol. The van der Waals surface area contributed by atoms with Gasteiger partial charge in [-0.2, -0.15) is 0 Å². The molecule has 5 heteroatoms. The molecule has 2 aromatic rings. The largest absolute Gasteiger partial charge is 0.372 e. The molecule has 0 atom stereocenters. The Kier molecular flexibility index (Phi) is 14.1. The Balaban J connectivity index is 0.000000556. The van der Waals surface area contributed by atoms with E-state index in [0.717, 1.165) is 42.4 Å². The van der Waals surface area contributed by atoms with Gasteiger partial charge in [0.15, 0.2) is 11.6 Å². The molecule has 28 heavy (non-hydrogen) atoms. The van der Waals surface area contributed by atoms with E-state index in [1.165, 1.54) is 17.3 Å². The van der Waals surface area contributed by atoms with Crippen molar-refractivity contribution < 1.29 is 8.78 Å². The van der Waals surface area contributed by atoms with Crippen LogP contribution >= 0.6 is 11.8 Å². The summed E-state index contributed by atoms with van der Waals surface area (Å²) in [5.41, 5.74) is 3.30. The summed E-state index contributed by atoms with van der Waals surface area (Å²) in [5.74, 6) is -1.57. The molecule has 0 radical (unpaired) electrons. The molecular formula is C23H34F2N2S. The fourth-order valence-corrected chi connectivity index (χ4v) is 2.46. The number of rotatable bonds is 5. The molecule has 2 rings (SSSR count). The number of hydrogen-bond donors (Lipinski definition) is 0. The molecule has 0 amide bonds. The van der Waals surface area contributed by atoms with Crippen molar-refractivity contribution in [3.8, 4) is 0 Å². The maximum Gasteiger partial charge on any atom is 0.159 e. The molecule has 0 saturated heterocycles. The van der Waals surface area contributed by atoms with Crippen molar-refractivity contribution >= 4 is 22.5 Å². The van der Waals surface area contributed by atoms with Crippen LogP contribution in [-0.2, 0) is 6.54 Å². The number of halogens is 2. The lowest BCUT2D eigenvalue weighted by atomic mass is 10.2. The molecule has 2 nitrogen and oxygen atoms in total. The molecule has 156 valence electrons. The summed E-state index contributed by atoms with van der Waals surface area (Å²) in [4.78, 5) is 6.84. The minimum Gasteiger partial charge on any atom is -0.372 e. The standard InChI is InChI=1S/C14H22N2S.C7H6F2.C2H6/c1-5-16(6-2)14-9-7-13(8-10-14)11-15-12(3)17-4;1-5-2-3-6(8)7(9)4-5;1-2/h7-10H,5-6,11H2,1-4H3;2-4H,1H3;1-2H3. The van der Waals surface area contributed by atoms with Gasteiger partial charge in [0.25, 0.3) is 0 Å². The quantitative estimate of drug-likeness (QED) is 0.387. The summed E-state index contributed by atoms with van der Waals surface area (Å²) in [5, 5.41) is 1.14. The first kappa shape index (κ1) is 26.1. The van der Waals surface area contributed by atoms with Gasteiger partial charge < -0.3 is 4.90 Å². The number of thioether (sulfide) groups is 1. The number of aliphatic imine (C=N–C) groups is 1. The molecule has 2 aromatic carbocycles. The molecule has 0 unspecified atom stereocenters. The number of hydrogen-bond acceptors (Lipinski definition) is 3. The van der Waals surface area contributed by atoms with Gasteiger partial charge in [0, 0.05) is 18.8 Å². The summed E-state index contributed by atoms with van der Waals surface area (Å²) >= 11 is 1.70. The van der Waals surface area contributed by atoms with Crippen molar-refractivity contribution in [1.29, 1.82) is 0 Å². The first-order valence-corrected chi connectivity index (χ1v) is 10.9. The Bertz CT molecular complexity index is 696. The lowest BCUT2D eigenvalue weighted by molar-refractivity contribution is 0.508. The maximum absolute atomic E-state index is 12.2. The third-order valence-electron chi connectivity index (χ3n) is 3.92. The van der Waals surface area contributed by atoms with Crippen LogP contribution in [0.3, 0.4) is 0 Å². The minimum atomic E-state index is -0.791. The zero-order valence-electron chi connectivity index (χ0n) is 18.2. The maximum atomic E-state index is 12.2. The van der Waals surface area contributed by atoms with E-state index in [1.54, 1.807) is 18.7 Å². The van der Waals surface area contributed by atoms with Crippen LogP contribution in [0.2, 0.25) is 0 Å². The van der Waals surface area contributed by atoms with Crippen molar-refractivity contribution in [3.05, 3.63) is 65.2 Å². The van der Waals surface area contributed by atoms with E-state index in [2.05, 4.69) is 61.2 Å². The molecule has 0 aromatic heterocycles. The van der Waals surface area contributed by atoms with Crippen molar-refractivity contribution in [3.63, 3.8) is 0 Å². The third kappa shape index (κ3) is 9.88. The van der Waals surface area contributed by atoms with E-state index < -0.39 is 11.6 Å². The third-order valence-corrected chi connectivity index (χ3v) is 4.64. The van der Waals surface area contributed by atoms with Gasteiger partial charge in [-0.25, -0.2) is 8.78 Å². The Hall–Kier alpha value is -1.88. The lowest BCUT2D eigenvalue weighted by Gasteiger charge is -2.20. The van der Waals surface area contributed by atoms with E-state index in [0.29, 0.717) is 0 Å². The second-order valence-corrected chi connectivity index (χ2v) is 6.79. The van der Waals surface area contributed by atoms with Crippen molar-refractivity contribution in [2.75, 3.05) is 24.2 Å². The van der Waals surface area contributed by atoms with Crippen LogP contribution in [0.5, 0.6) is 0 Å². The van der Waals surface area contributed by atoms with Gasteiger partial charge in [-0.3, -0.25) is 4.99 Å². The van der Waals surface area contributed by atoms with Crippen molar-refractivity contribution in [2.45, 2.75) is 48.1 Å². The Morgan fingerprint density at radius 3 is 1.96 bits per heavy atom. The van der Waals surface area contributed by atoms with Crippen LogP contribution in [0.1, 0.15) is 45.7 Å².